The van der Waals surface area contributed by atoms with Crippen LogP contribution < -0.4 is 10.1 Å². The van der Waals surface area contributed by atoms with E-state index in [1.165, 1.54) is 4.88 Å². The average molecular weight is 354 g/mol. The number of benzene rings is 1. The van der Waals surface area contributed by atoms with E-state index < -0.39 is 0 Å². The van der Waals surface area contributed by atoms with Crippen LogP contribution in [0.5, 0.6) is 5.75 Å². The third kappa shape index (κ3) is 3.84. The molecule has 0 fully saturated rings. The van der Waals surface area contributed by atoms with Gasteiger partial charge in [-0.25, -0.2) is 0 Å². The highest BCUT2D eigenvalue weighted by Crippen LogP contribution is 2.23. The van der Waals surface area contributed by atoms with Crippen LogP contribution in [0.2, 0.25) is 0 Å². The van der Waals surface area contributed by atoms with Crippen LogP contribution in [-0.2, 0) is 6.42 Å². The van der Waals surface area contributed by atoms with Crippen molar-refractivity contribution in [2.45, 2.75) is 19.4 Å². The van der Waals surface area contributed by atoms with Crippen molar-refractivity contribution in [1.82, 2.24) is 5.32 Å². The van der Waals surface area contributed by atoms with Gasteiger partial charge in [-0.05, 0) is 36.6 Å². The summed E-state index contributed by atoms with van der Waals surface area (Å²) in [5.41, 5.74) is 0.550. The lowest BCUT2D eigenvalue weighted by molar-refractivity contribution is 0.0937. The first kappa shape index (κ1) is 15.1. The predicted molar refractivity (Wildman–Crippen MR) is 85.6 cm³/mol. The zero-order valence-electron chi connectivity index (χ0n) is 11.4. The van der Waals surface area contributed by atoms with Crippen LogP contribution in [0.1, 0.15) is 22.2 Å². The molecule has 2 aromatic rings. The molecule has 0 aliphatic carbocycles. The lowest BCUT2D eigenvalue weighted by atomic mass is 10.1. The van der Waals surface area contributed by atoms with E-state index in [2.05, 4.69) is 27.3 Å². The number of hydrogen-bond acceptors (Lipinski definition) is 3. The number of carbonyl (C=O) groups excluding carboxylic acids is 1. The van der Waals surface area contributed by atoms with Crippen molar-refractivity contribution in [2.75, 3.05) is 7.11 Å². The molecule has 0 saturated carbocycles. The Morgan fingerprint density at radius 3 is 2.90 bits per heavy atom. The number of methoxy groups -OCH3 is 1. The second kappa shape index (κ2) is 6.90. The van der Waals surface area contributed by atoms with Gasteiger partial charge in [-0.2, -0.15) is 0 Å². The maximum atomic E-state index is 12.3. The maximum Gasteiger partial charge on any atom is 0.255 e. The molecule has 0 spiro atoms. The Labute approximate surface area is 131 Å². The highest BCUT2D eigenvalue weighted by Gasteiger charge is 2.15. The number of thiophene rings is 1. The molecule has 3 nitrogen and oxygen atoms in total. The van der Waals surface area contributed by atoms with Gasteiger partial charge in [0, 0.05) is 21.8 Å². The van der Waals surface area contributed by atoms with Crippen LogP contribution in [0, 0.1) is 0 Å². The minimum Gasteiger partial charge on any atom is -0.496 e. The van der Waals surface area contributed by atoms with Gasteiger partial charge in [0.25, 0.3) is 5.91 Å². The van der Waals surface area contributed by atoms with Crippen molar-refractivity contribution in [3.05, 3.63) is 50.6 Å². The summed E-state index contributed by atoms with van der Waals surface area (Å²) in [6, 6.07) is 9.56. The van der Waals surface area contributed by atoms with E-state index in [4.69, 9.17) is 4.74 Å². The minimum absolute atomic E-state index is 0.0782. The normalized spacial score (nSPS) is 11.9. The smallest absolute Gasteiger partial charge is 0.255 e. The molecule has 5 heteroatoms. The largest absolute Gasteiger partial charge is 0.496 e. The molecule has 1 amide bonds. The third-order valence-electron chi connectivity index (χ3n) is 2.87. The molecule has 1 unspecified atom stereocenters. The topological polar surface area (TPSA) is 38.3 Å². The van der Waals surface area contributed by atoms with E-state index in [1.54, 1.807) is 30.6 Å². The summed E-state index contributed by atoms with van der Waals surface area (Å²) in [5, 5.41) is 5.04. The number of rotatable bonds is 5. The summed E-state index contributed by atoms with van der Waals surface area (Å²) in [6.07, 6.45) is 0.836. The third-order valence-corrected chi connectivity index (χ3v) is 4.27. The molecular formula is C15H16BrNO2S. The first-order valence-electron chi connectivity index (χ1n) is 6.27. The molecule has 0 aliphatic heterocycles. The second-order valence-electron chi connectivity index (χ2n) is 4.50. The van der Waals surface area contributed by atoms with Crippen LogP contribution in [0.15, 0.2) is 40.2 Å². The second-order valence-corrected chi connectivity index (χ2v) is 6.45. The van der Waals surface area contributed by atoms with Crippen molar-refractivity contribution in [3.63, 3.8) is 0 Å². The fourth-order valence-electron chi connectivity index (χ4n) is 1.94. The molecule has 0 saturated heterocycles. The molecular weight excluding hydrogens is 338 g/mol. The van der Waals surface area contributed by atoms with Gasteiger partial charge >= 0.3 is 0 Å². The summed E-state index contributed by atoms with van der Waals surface area (Å²) in [5.74, 6) is 0.457. The number of ether oxygens (including phenoxy) is 1. The Hall–Kier alpha value is -1.33. The Morgan fingerprint density at radius 1 is 1.45 bits per heavy atom. The minimum atomic E-state index is -0.113. The zero-order chi connectivity index (χ0) is 14.5. The van der Waals surface area contributed by atoms with Gasteiger partial charge in [-0.3, -0.25) is 4.79 Å². The van der Waals surface area contributed by atoms with Gasteiger partial charge in [-0.15, -0.1) is 11.3 Å². The lowest BCUT2D eigenvalue weighted by Crippen LogP contribution is -2.34. The molecule has 0 aliphatic rings. The highest BCUT2D eigenvalue weighted by molar-refractivity contribution is 9.10. The Morgan fingerprint density at radius 2 is 2.25 bits per heavy atom. The van der Waals surface area contributed by atoms with Gasteiger partial charge in [-0.1, -0.05) is 22.0 Å². The number of nitrogens with one attached hydrogen (secondary N) is 1. The summed E-state index contributed by atoms with van der Waals surface area (Å²) in [7, 11) is 1.56. The average Bonchev–Trinajstić information content (AvgIpc) is 2.90. The van der Waals surface area contributed by atoms with Crippen LogP contribution in [-0.4, -0.2) is 19.1 Å². The molecule has 1 aromatic heterocycles. The Balaban J connectivity index is 2.04. The van der Waals surface area contributed by atoms with Gasteiger partial charge in [0.2, 0.25) is 0 Å². The number of halogens is 1. The molecule has 2 rings (SSSR count). The van der Waals surface area contributed by atoms with Crippen LogP contribution in [0.3, 0.4) is 0 Å². The van der Waals surface area contributed by atoms with Gasteiger partial charge in [0.05, 0.1) is 12.7 Å². The maximum absolute atomic E-state index is 12.3. The number of carbonyl (C=O) groups is 1. The molecule has 20 heavy (non-hydrogen) atoms. The van der Waals surface area contributed by atoms with Crippen LogP contribution >= 0.6 is 27.3 Å². The Kier molecular flexibility index (Phi) is 5.20. The first-order chi connectivity index (χ1) is 9.60. The number of amides is 1. The van der Waals surface area contributed by atoms with Crippen molar-refractivity contribution in [3.8, 4) is 5.75 Å². The van der Waals surface area contributed by atoms with Crippen molar-refractivity contribution >= 4 is 33.2 Å². The highest BCUT2D eigenvalue weighted by atomic mass is 79.9. The summed E-state index contributed by atoms with van der Waals surface area (Å²) < 4.78 is 6.13. The monoisotopic (exact) mass is 353 g/mol. The van der Waals surface area contributed by atoms with Gasteiger partial charge < -0.3 is 10.1 Å². The molecule has 0 bridgehead atoms. The van der Waals surface area contributed by atoms with Crippen LogP contribution in [0.25, 0.3) is 0 Å². The van der Waals surface area contributed by atoms with Crippen molar-refractivity contribution in [2.24, 2.45) is 0 Å². The zero-order valence-corrected chi connectivity index (χ0v) is 13.8. The SMILES string of the molecule is COc1cc(Br)ccc1C(=O)NC(C)Cc1cccs1. The van der Waals surface area contributed by atoms with Gasteiger partial charge in [0.15, 0.2) is 0 Å². The summed E-state index contributed by atoms with van der Waals surface area (Å²) in [6.45, 7) is 2.00. The van der Waals surface area contributed by atoms with Crippen molar-refractivity contribution < 1.29 is 9.53 Å². The number of hydrogen-bond donors (Lipinski definition) is 1. The fraction of sp³-hybridized carbons (Fsp3) is 0.267. The fourth-order valence-corrected chi connectivity index (χ4v) is 3.11. The van der Waals surface area contributed by atoms with E-state index in [9.17, 15) is 4.79 Å². The summed E-state index contributed by atoms with van der Waals surface area (Å²) >= 11 is 5.07. The predicted octanol–water partition coefficient (Wildman–Crippen LogP) is 3.88. The van der Waals surface area contributed by atoms with E-state index >= 15 is 0 Å². The summed E-state index contributed by atoms with van der Waals surface area (Å²) in [4.78, 5) is 13.5. The van der Waals surface area contributed by atoms with Crippen LogP contribution in [0.4, 0.5) is 0 Å². The molecule has 1 aromatic carbocycles. The standard InChI is InChI=1S/C15H16BrNO2S/c1-10(8-12-4-3-7-20-12)17-15(18)13-6-5-11(16)9-14(13)19-2/h3-7,9-10H,8H2,1-2H3,(H,17,18). The molecule has 1 N–H and O–H groups in total. The molecule has 1 heterocycles. The van der Waals surface area contributed by atoms with E-state index in [1.807, 2.05) is 24.4 Å². The quantitative estimate of drug-likeness (QED) is 0.885. The molecule has 0 radical (unpaired) electrons. The lowest BCUT2D eigenvalue weighted by Gasteiger charge is -2.14. The molecule has 1 atom stereocenters. The van der Waals surface area contributed by atoms with E-state index in [0.717, 1.165) is 10.9 Å². The molecule has 106 valence electrons. The van der Waals surface area contributed by atoms with E-state index in [-0.39, 0.29) is 11.9 Å². The van der Waals surface area contributed by atoms with E-state index in [0.29, 0.717) is 11.3 Å². The first-order valence-corrected chi connectivity index (χ1v) is 7.94. The Bertz CT molecular complexity index is 584. The van der Waals surface area contributed by atoms with Gasteiger partial charge in [0.1, 0.15) is 5.75 Å². The van der Waals surface area contributed by atoms with Crippen molar-refractivity contribution in [1.29, 1.82) is 0 Å².